The molecule has 3 nitrogen and oxygen atoms in total. The summed E-state index contributed by atoms with van der Waals surface area (Å²) in [7, 11) is 1.40. The van der Waals surface area contributed by atoms with Crippen LogP contribution < -0.4 is 0 Å². The number of rotatable bonds is 6. The molecule has 0 bridgehead atoms. The van der Waals surface area contributed by atoms with E-state index in [0.29, 0.717) is 12.2 Å². The highest BCUT2D eigenvalue weighted by atomic mass is 16.5. The van der Waals surface area contributed by atoms with E-state index < -0.39 is 0 Å². The minimum atomic E-state index is -0.250. The molecule has 1 fully saturated rings. The fourth-order valence-corrected chi connectivity index (χ4v) is 3.15. The van der Waals surface area contributed by atoms with Crippen molar-refractivity contribution in [2.75, 3.05) is 7.11 Å². The van der Waals surface area contributed by atoms with Crippen LogP contribution in [0.25, 0.3) is 0 Å². The first-order chi connectivity index (χ1) is 10.2. The van der Waals surface area contributed by atoms with Gasteiger partial charge in [0, 0.05) is 18.3 Å². The second-order valence-corrected chi connectivity index (χ2v) is 5.89. The first-order valence-corrected chi connectivity index (χ1v) is 7.85. The highest BCUT2D eigenvalue weighted by Crippen LogP contribution is 2.30. The lowest BCUT2D eigenvalue weighted by atomic mass is 9.81. The average Bonchev–Trinajstić information content (AvgIpc) is 2.55. The summed E-state index contributed by atoms with van der Waals surface area (Å²) in [5.74, 6) is 0.198. The van der Waals surface area contributed by atoms with E-state index in [1.54, 1.807) is 0 Å². The van der Waals surface area contributed by atoms with Crippen LogP contribution in [0.4, 0.5) is 0 Å². The van der Waals surface area contributed by atoms with Crippen molar-refractivity contribution in [1.29, 1.82) is 0 Å². The summed E-state index contributed by atoms with van der Waals surface area (Å²) in [4.78, 5) is 24.1. The van der Waals surface area contributed by atoms with E-state index in [4.69, 9.17) is 4.74 Å². The number of benzene rings is 1. The number of ether oxygens (including phenoxy) is 1. The van der Waals surface area contributed by atoms with E-state index in [2.05, 4.69) is 0 Å². The van der Waals surface area contributed by atoms with Crippen LogP contribution in [0.3, 0.4) is 0 Å². The minimum absolute atomic E-state index is 0.0620. The molecule has 2 rings (SSSR count). The van der Waals surface area contributed by atoms with Crippen LogP contribution >= 0.6 is 0 Å². The van der Waals surface area contributed by atoms with Gasteiger partial charge in [-0.3, -0.25) is 9.59 Å². The van der Waals surface area contributed by atoms with Gasteiger partial charge >= 0.3 is 5.97 Å². The molecular formula is C18H24O3. The van der Waals surface area contributed by atoms with Crippen molar-refractivity contribution in [1.82, 2.24) is 0 Å². The predicted molar refractivity (Wildman–Crippen MR) is 82.0 cm³/mol. The van der Waals surface area contributed by atoms with Gasteiger partial charge in [0.05, 0.1) is 13.5 Å². The maximum atomic E-state index is 12.5. The van der Waals surface area contributed by atoms with E-state index in [-0.39, 0.29) is 24.2 Å². The molecule has 21 heavy (non-hydrogen) atoms. The maximum absolute atomic E-state index is 12.5. The summed E-state index contributed by atoms with van der Waals surface area (Å²) >= 11 is 0. The number of Topliss-reactive ketones (excluding diaryl/α,β-unsaturated/α-hetero) is 1. The zero-order chi connectivity index (χ0) is 15.1. The SMILES string of the molecule is COC(=O)C[C@@H](CC(=O)C1CCCCC1)c1ccccc1. The van der Waals surface area contributed by atoms with Gasteiger partial charge in [0.15, 0.2) is 0 Å². The van der Waals surface area contributed by atoms with Gasteiger partial charge in [-0.2, -0.15) is 0 Å². The van der Waals surface area contributed by atoms with Crippen LogP contribution in [-0.2, 0) is 14.3 Å². The molecule has 0 radical (unpaired) electrons. The third kappa shape index (κ3) is 4.69. The van der Waals surface area contributed by atoms with E-state index in [1.807, 2.05) is 30.3 Å². The van der Waals surface area contributed by atoms with Crippen LogP contribution in [0.15, 0.2) is 30.3 Å². The van der Waals surface area contributed by atoms with Crippen LogP contribution in [0.5, 0.6) is 0 Å². The quantitative estimate of drug-likeness (QED) is 0.746. The molecule has 1 saturated carbocycles. The van der Waals surface area contributed by atoms with Crippen molar-refractivity contribution in [2.24, 2.45) is 5.92 Å². The van der Waals surface area contributed by atoms with Crippen LogP contribution in [0.1, 0.15) is 56.4 Å². The molecule has 114 valence electrons. The lowest BCUT2D eigenvalue weighted by Gasteiger charge is -2.23. The van der Waals surface area contributed by atoms with E-state index in [9.17, 15) is 9.59 Å². The molecule has 0 heterocycles. The normalized spacial score (nSPS) is 17.2. The van der Waals surface area contributed by atoms with Gasteiger partial charge in [-0.25, -0.2) is 0 Å². The maximum Gasteiger partial charge on any atom is 0.306 e. The molecule has 0 amide bonds. The average molecular weight is 288 g/mol. The summed E-state index contributed by atoms with van der Waals surface area (Å²) in [5, 5.41) is 0. The number of carbonyl (C=O) groups is 2. The highest BCUT2D eigenvalue weighted by Gasteiger charge is 2.26. The molecule has 1 atom stereocenters. The second-order valence-electron chi connectivity index (χ2n) is 5.89. The smallest absolute Gasteiger partial charge is 0.306 e. The Morgan fingerprint density at radius 2 is 1.76 bits per heavy atom. The number of carbonyl (C=O) groups excluding carboxylic acids is 2. The molecule has 3 heteroatoms. The Morgan fingerprint density at radius 3 is 2.38 bits per heavy atom. The topological polar surface area (TPSA) is 43.4 Å². The fraction of sp³-hybridized carbons (Fsp3) is 0.556. The van der Waals surface area contributed by atoms with Gasteiger partial charge in [-0.15, -0.1) is 0 Å². The minimum Gasteiger partial charge on any atom is -0.469 e. The van der Waals surface area contributed by atoms with Crippen LogP contribution in [0, 0.1) is 5.92 Å². The number of hydrogen-bond acceptors (Lipinski definition) is 3. The Bertz CT molecular complexity index is 461. The molecule has 1 aromatic carbocycles. The zero-order valence-corrected chi connectivity index (χ0v) is 12.7. The monoisotopic (exact) mass is 288 g/mol. The molecule has 0 unspecified atom stereocenters. The first-order valence-electron chi connectivity index (χ1n) is 7.85. The fourth-order valence-electron chi connectivity index (χ4n) is 3.15. The van der Waals surface area contributed by atoms with Gasteiger partial charge in [0.2, 0.25) is 0 Å². The number of esters is 1. The van der Waals surface area contributed by atoms with E-state index >= 15 is 0 Å². The van der Waals surface area contributed by atoms with Crippen molar-refractivity contribution in [2.45, 2.75) is 50.9 Å². The van der Waals surface area contributed by atoms with Crippen molar-refractivity contribution in [3.05, 3.63) is 35.9 Å². The Kier molecular flexibility index (Phi) is 5.97. The van der Waals surface area contributed by atoms with Crippen molar-refractivity contribution in [3.63, 3.8) is 0 Å². The second kappa shape index (κ2) is 7.96. The van der Waals surface area contributed by atoms with Gasteiger partial charge < -0.3 is 4.74 Å². The first kappa shape index (κ1) is 15.7. The predicted octanol–water partition coefficient (Wildman–Crippen LogP) is 3.87. The standard InChI is InChI=1S/C18H24O3/c1-21-18(20)13-16(14-8-4-2-5-9-14)12-17(19)15-10-6-3-7-11-15/h2,4-5,8-9,15-16H,3,6-7,10-13H2,1H3/t16-/m1/s1. The lowest BCUT2D eigenvalue weighted by molar-refractivity contribution is -0.141. The molecule has 1 aliphatic rings. The number of methoxy groups -OCH3 is 1. The molecule has 0 spiro atoms. The number of ketones is 1. The van der Waals surface area contributed by atoms with Crippen LogP contribution in [-0.4, -0.2) is 18.9 Å². The van der Waals surface area contributed by atoms with Gasteiger partial charge in [-0.05, 0) is 18.4 Å². The van der Waals surface area contributed by atoms with Gasteiger partial charge in [0.25, 0.3) is 0 Å². The Balaban J connectivity index is 2.04. The van der Waals surface area contributed by atoms with Crippen molar-refractivity contribution in [3.8, 4) is 0 Å². The lowest BCUT2D eigenvalue weighted by Crippen LogP contribution is -2.21. The van der Waals surface area contributed by atoms with E-state index in [0.717, 1.165) is 31.2 Å². The number of hydrogen-bond donors (Lipinski definition) is 0. The van der Waals surface area contributed by atoms with Gasteiger partial charge in [0.1, 0.15) is 5.78 Å². The van der Waals surface area contributed by atoms with Crippen molar-refractivity contribution >= 4 is 11.8 Å². The van der Waals surface area contributed by atoms with Crippen LogP contribution in [0.2, 0.25) is 0 Å². The molecule has 0 aliphatic heterocycles. The summed E-state index contributed by atoms with van der Waals surface area (Å²) in [5.41, 5.74) is 1.05. The summed E-state index contributed by atoms with van der Waals surface area (Å²) in [6.07, 6.45) is 6.31. The third-order valence-electron chi connectivity index (χ3n) is 4.42. The summed E-state index contributed by atoms with van der Waals surface area (Å²) in [6, 6.07) is 9.82. The van der Waals surface area contributed by atoms with Gasteiger partial charge in [-0.1, -0.05) is 49.6 Å². The summed E-state index contributed by atoms with van der Waals surface area (Å²) in [6.45, 7) is 0. The third-order valence-corrected chi connectivity index (χ3v) is 4.42. The molecule has 0 aromatic heterocycles. The Morgan fingerprint density at radius 1 is 1.10 bits per heavy atom. The largest absolute Gasteiger partial charge is 0.469 e. The zero-order valence-electron chi connectivity index (χ0n) is 12.7. The molecule has 0 N–H and O–H groups in total. The Hall–Kier alpha value is -1.64. The molecule has 1 aromatic rings. The molecule has 0 saturated heterocycles. The Labute approximate surface area is 126 Å². The van der Waals surface area contributed by atoms with Crippen molar-refractivity contribution < 1.29 is 14.3 Å². The summed E-state index contributed by atoms with van der Waals surface area (Å²) < 4.78 is 4.78. The van der Waals surface area contributed by atoms with E-state index in [1.165, 1.54) is 13.5 Å². The highest BCUT2D eigenvalue weighted by molar-refractivity contribution is 5.83. The molecule has 1 aliphatic carbocycles. The molecular weight excluding hydrogens is 264 g/mol.